The average Bonchev–Trinajstić information content (AvgIpc) is 2.03. The molecule has 6 heteroatoms. The molecule has 1 aromatic carbocycles. The van der Waals surface area contributed by atoms with Crippen LogP contribution in [0.25, 0.3) is 0 Å². The van der Waals surface area contributed by atoms with Gasteiger partial charge in [-0.15, -0.1) is 0 Å². The van der Waals surface area contributed by atoms with Crippen molar-refractivity contribution >= 4 is 24.3 Å². The minimum absolute atomic E-state index is 0.148. The summed E-state index contributed by atoms with van der Waals surface area (Å²) in [6, 6.07) is 5.80. The van der Waals surface area contributed by atoms with Crippen LogP contribution in [-0.4, -0.2) is 23.2 Å². The number of benzene rings is 1. The van der Waals surface area contributed by atoms with E-state index in [1.165, 1.54) is 18.2 Å². The zero-order chi connectivity index (χ0) is 9.84. The van der Waals surface area contributed by atoms with Crippen LogP contribution in [0.4, 0.5) is 10.5 Å². The highest BCUT2D eigenvalue weighted by molar-refractivity contribution is 6.83. The summed E-state index contributed by atoms with van der Waals surface area (Å²) in [7, 11) is -0.322. The molecule has 0 heterocycles. The van der Waals surface area contributed by atoms with Crippen LogP contribution in [0.3, 0.4) is 0 Å². The number of carboxylic acid groups (broad SMARTS) is 1. The fourth-order valence-electron chi connectivity index (χ4n) is 1.00. The van der Waals surface area contributed by atoms with Crippen LogP contribution in [0.2, 0.25) is 0 Å². The lowest BCUT2D eigenvalue weighted by atomic mass is 9.70. The Hall–Kier alpha value is -1.85. The SMILES string of the molecule is O=C(O)Bc1ccccc1[N+](=O)[O-]. The molecule has 0 amide bonds. The molecule has 0 bridgehead atoms. The Morgan fingerprint density at radius 3 is 2.62 bits per heavy atom. The molecule has 0 spiro atoms. The van der Waals surface area contributed by atoms with Crippen molar-refractivity contribution in [2.75, 3.05) is 0 Å². The second-order valence-electron chi connectivity index (χ2n) is 2.46. The Labute approximate surface area is 74.4 Å². The van der Waals surface area contributed by atoms with Crippen molar-refractivity contribution in [1.29, 1.82) is 0 Å². The summed E-state index contributed by atoms with van der Waals surface area (Å²) >= 11 is 0. The summed E-state index contributed by atoms with van der Waals surface area (Å²) in [5.74, 6) is -1.07. The summed E-state index contributed by atoms with van der Waals surface area (Å²) in [5, 5.41) is 18.9. The van der Waals surface area contributed by atoms with E-state index in [1.54, 1.807) is 6.07 Å². The lowest BCUT2D eigenvalue weighted by Crippen LogP contribution is -2.24. The highest BCUT2D eigenvalue weighted by Crippen LogP contribution is 2.05. The zero-order valence-corrected chi connectivity index (χ0v) is 6.64. The number of nitro benzene ring substituents is 1. The topological polar surface area (TPSA) is 80.4 Å². The van der Waals surface area contributed by atoms with Gasteiger partial charge in [-0.2, -0.15) is 0 Å². The number of nitro groups is 1. The van der Waals surface area contributed by atoms with Crippen LogP contribution in [0, 0.1) is 10.1 Å². The van der Waals surface area contributed by atoms with Gasteiger partial charge in [0.05, 0.1) is 4.92 Å². The monoisotopic (exact) mass is 179 g/mol. The fourth-order valence-corrected chi connectivity index (χ4v) is 1.00. The molecule has 0 aliphatic carbocycles. The summed E-state index contributed by atoms with van der Waals surface area (Å²) in [6.07, 6.45) is 0. The molecule has 0 radical (unpaired) electrons. The van der Waals surface area contributed by atoms with E-state index in [1.807, 2.05) is 0 Å². The second kappa shape index (κ2) is 3.71. The van der Waals surface area contributed by atoms with Crippen molar-refractivity contribution in [2.24, 2.45) is 0 Å². The summed E-state index contributed by atoms with van der Waals surface area (Å²) in [6.45, 7) is 0. The van der Waals surface area contributed by atoms with Crippen LogP contribution in [-0.2, 0) is 0 Å². The van der Waals surface area contributed by atoms with Gasteiger partial charge in [-0.3, -0.25) is 14.9 Å². The quantitative estimate of drug-likeness (QED) is 0.411. The Morgan fingerprint density at radius 2 is 2.08 bits per heavy atom. The Balaban J connectivity index is 3.04. The van der Waals surface area contributed by atoms with Crippen LogP contribution in [0.1, 0.15) is 0 Å². The smallest absolute Gasteiger partial charge is 0.301 e. The van der Waals surface area contributed by atoms with Gasteiger partial charge in [-0.25, -0.2) is 0 Å². The number of carbonyl (C=O) groups is 1. The van der Waals surface area contributed by atoms with Gasteiger partial charge >= 0.3 is 7.28 Å². The van der Waals surface area contributed by atoms with E-state index in [4.69, 9.17) is 5.11 Å². The zero-order valence-electron chi connectivity index (χ0n) is 6.64. The first-order chi connectivity index (χ1) is 6.11. The maximum atomic E-state index is 10.4. The number of rotatable bonds is 3. The average molecular weight is 179 g/mol. The van der Waals surface area contributed by atoms with Gasteiger partial charge in [-0.1, -0.05) is 18.2 Å². The fraction of sp³-hybridized carbons (Fsp3) is 0. The van der Waals surface area contributed by atoms with E-state index in [2.05, 4.69) is 0 Å². The molecular formula is C7H6BNO4. The predicted octanol–water partition coefficient (Wildman–Crippen LogP) is 0.335. The van der Waals surface area contributed by atoms with Crippen molar-refractivity contribution in [3.8, 4) is 0 Å². The molecule has 66 valence electrons. The molecule has 0 aromatic heterocycles. The van der Waals surface area contributed by atoms with E-state index >= 15 is 0 Å². The standard InChI is InChI=1S/C7H6BNO4/c10-7(11)8-5-3-1-2-4-6(5)9(12)13/h1-4,8H,(H,10,11). The maximum absolute atomic E-state index is 10.4. The maximum Gasteiger partial charge on any atom is 0.301 e. The number of para-hydroxylation sites is 1. The van der Waals surface area contributed by atoms with E-state index < -0.39 is 10.8 Å². The molecule has 0 aliphatic rings. The molecule has 0 unspecified atom stereocenters. The first-order valence-electron chi connectivity index (χ1n) is 3.55. The van der Waals surface area contributed by atoms with Gasteiger partial charge in [0.25, 0.3) is 11.6 Å². The normalized spacial score (nSPS) is 9.23. The largest absolute Gasteiger partial charge is 0.489 e. The number of hydrogen-bond donors (Lipinski definition) is 1. The van der Waals surface area contributed by atoms with Gasteiger partial charge in [0.2, 0.25) is 0 Å². The molecule has 5 nitrogen and oxygen atoms in total. The predicted molar refractivity (Wildman–Crippen MR) is 47.9 cm³/mol. The van der Waals surface area contributed by atoms with E-state index in [0.29, 0.717) is 0 Å². The van der Waals surface area contributed by atoms with Crippen LogP contribution >= 0.6 is 0 Å². The van der Waals surface area contributed by atoms with E-state index in [9.17, 15) is 14.9 Å². The van der Waals surface area contributed by atoms with Gasteiger partial charge in [0.1, 0.15) is 0 Å². The third-order valence-electron chi connectivity index (χ3n) is 1.53. The summed E-state index contributed by atoms with van der Waals surface area (Å²) in [5.41, 5.74) is 0.0740. The molecule has 1 N–H and O–H groups in total. The molecule has 0 aliphatic heterocycles. The van der Waals surface area contributed by atoms with Crippen molar-refractivity contribution < 1.29 is 14.8 Å². The molecule has 0 atom stereocenters. The van der Waals surface area contributed by atoms with Crippen molar-refractivity contribution in [3.63, 3.8) is 0 Å². The Kier molecular flexibility index (Phi) is 2.64. The molecule has 1 rings (SSSR count). The van der Waals surface area contributed by atoms with Gasteiger partial charge < -0.3 is 5.11 Å². The molecular weight excluding hydrogens is 173 g/mol. The molecule has 1 aromatic rings. The highest BCUT2D eigenvalue weighted by Gasteiger charge is 2.16. The van der Waals surface area contributed by atoms with Crippen molar-refractivity contribution in [3.05, 3.63) is 34.4 Å². The van der Waals surface area contributed by atoms with Crippen molar-refractivity contribution in [1.82, 2.24) is 0 Å². The molecule has 0 fully saturated rings. The first-order valence-corrected chi connectivity index (χ1v) is 3.55. The van der Waals surface area contributed by atoms with E-state index in [-0.39, 0.29) is 18.4 Å². The summed E-state index contributed by atoms with van der Waals surface area (Å²) < 4.78 is 0. The minimum Gasteiger partial charge on any atom is -0.489 e. The highest BCUT2D eigenvalue weighted by atomic mass is 16.6. The third-order valence-corrected chi connectivity index (χ3v) is 1.53. The van der Waals surface area contributed by atoms with E-state index in [0.717, 1.165) is 0 Å². The van der Waals surface area contributed by atoms with Gasteiger partial charge in [0.15, 0.2) is 0 Å². The van der Waals surface area contributed by atoms with Crippen LogP contribution in [0.15, 0.2) is 24.3 Å². The lowest BCUT2D eigenvalue weighted by Gasteiger charge is -1.96. The minimum atomic E-state index is -1.07. The summed E-state index contributed by atoms with van der Waals surface area (Å²) in [4.78, 5) is 20.2. The second-order valence-corrected chi connectivity index (χ2v) is 2.46. The number of nitrogens with zero attached hydrogens (tertiary/aromatic N) is 1. The molecule has 13 heavy (non-hydrogen) atoms. The third kappa shape index (κ3) is 2.29. The van der Waals surface area contributed by atoms with Crippen molar-refractivity contribution in [2.45, 2.75) is 0 Å². The molecule has 0 saturated carbocycles. The first kappa shape index (κ1) is 9.24. The van der Waals surface area contributed by atoms with Gasteiger partial charge in [-0.05, 0) is 0 Å². The van der Waals surface area contributed by atoms with Crippen LogP contribution in [0.5, 0.6) is 0 Å². The van der Waals surface area contributed by atoms with Crippen LogP contribution < -0.4 is 5.46 Å². The van der Waals surface area contributed by atoms with Gasteiger partial charge in [0, 0.05) is 11.5 Å². The Morgan fingerprint density at radius 1 is 1.46 bits per heavy atom. The molecule has 0 saturated heterocycles. The lowest BCUT2D eigenvalue weighted by molar-refractivity contribution is -0.383. The number of hydrogen-bond acceptors (Lipinski definition) is 3. The Bertz CT molecular complexity index is 352.